The lowest BCUT2D eigenvalue weighted by Crippen LogP contribution is -2.42. The summed E-state index contributed by atoms with van der Waals surface area (Å²) in [6.45, 7) is 0. The summed E-state index contributed by atoms with van der Waals surface area (Å²) in [5.74, 6) is -3.69. The lowest BCUT2D eigenvalue weighted by Gasteiger charge is -2.30. The van der Waals surface area contributed by atoms with Crippen molar-refractivity contribution >= 4 is 34.5 Å². The van der Waals surface area contributed by atoms with Crippen molar-refractivity contribution < 1.29 is 41.8 Å². The second-order valence-electron chi connectivity index (χ2n) is 9.39. The van der Waals surface area contributed by atoms with Crippen LogP contribution in [0.1, 0.15) is 37.4 Å². The summed E-state index contributed by atoms with van der Waals surface area (Å²) >= 11 is 0. The highest BCUT2D eigenvalue weighted by Gasteiger charge is 2.38. The van der Waals surface area contributed by atoms with E-state index in [1.807, 2.05) is 43.3 Å². The van der Waals surface area contributed by atoms with Crippen LogP contribution in [0.15, 0.2) is 42.5 Å². The van der Waals surface area contributed by atoms with Crippen molar-refractivity contribution in [3.63, 3.8) is 0 Å². The smallest absolute Gasteiger partial charge is 0.475 e. The van der Waals surface area contributed by atoms with Crippen LogP contribution in [0, 0.1) is 11.6 Å². The number of amides is 1. The third-order valence-corrected chi connectivity index (χ3v) is 6.10. The van der Waals surface area contributed by atoms with Crippen molar-refractivity contribution in [1.82, 2.24) is 15.3 Å². The zero-order valence-electron chi connectivity index (χ0n) is 21.5. The second kappa shape index (κ2) is 12.9. The summed E-state index contributed by atoms with van der Waals surface area (Å²) in [6, 6.07) is 10.5. The molecule has 1 heterocycles. The van der Waals surface area contributed by atoms with E-state index in [0.717, 1.165) is 41.7 Å². The minimum absolute atomic E-state index is 0.106. The van der Waals surface area contributed by atoms with E-state index >= 15 is 0 Å². The van der Waals surface area contributed by atoms with Gasteiger partial charge >= 0.3 is 12.1 Å². The summed E-state index contributed by atoms with van der Waals surface area (Å²) in [7, 11) is 3.89. The molecule has 1 unspecified atom stereocenters. The Morgan fingerprint density at radius 3 is 2.08 bits per heavy atom. The van der Waals surface area contributed by atoms with Crippen molar-refractivity contribution in [3.05, 3.63) is 59.7 Å². The number of carbonyl (C=O) groups excluding carboxylic acids is 1. The van der Waals surface area contributed by atoms with Gasteiger partial charge in [-0.15, -0.1) is 0 Å². The van der Waals surface area contributed by atoms with Crippen molar-refractivity contribution in [2.45, 2.75) is 50.0 Å². The molecule has 2 aromatic carbocycles. The summed E-state index contributed by atoms with van der Waals surface area (Å²) in [5.41, 5.74) is 0.757. The molecule has 4 rings (SSSR count). The summed E-state index contributed by atoms with van der Waals surface area (Å²) < 4.78 is 58.5. The number of nitrogens with one attached hydrogen (secondary N) is 2. The van der Waals surface area contributed by atoms with Gasteiger partial charge < -0.3 is 25.7 Å². The predicted octanol–water partition coefficient (Wildman–Crippen LogP) is 4.18. The molecule has 1 fully saturated rings. The lowest BCUT2D eigenvalue weighted by molar-refractivity contribution is -0.192. The van der Waals surface area contributed by atoms with Gasteiger partial charge in [-0.25, -0.2) is 18.6 Å². The van der Waals surface area contributed by atoms with E-state index in [4.69, 9.17) is 9.90 Å². The molecule has 0 bridgehead atoms. The Bertz CT molecular complexity index is 1330. The third-order valence-electron chi connectivity index (χ3n) is 6.10. The third kappa shape index (κ3) is 8.21. The van der Waals surface area contributed by atoms with Crippen molar-refractivity contribution in [1.29, 1.82) is 0 Å². The molecule has 1 atom stereocenters. The topological polar surface area (TPSA) is 128 Å². The number of hydrogen-bond donors (Lipinski definition) is 4. The maximum atomic E-state index is 13.4. The molecule has 9 nitrogen and oxygen atoms in total. The highest BCUT2D eigenvalue weighted by molar-refractivity contribution is 5.90. The van der Waals surface area contributed by atoms with Gasteiger partial charge in [0.15, 0.2) is 6.10 Å². The van der Waals surface area contributed by atoms with Crippen LogP contribution >= 0.6 is 0 Å². The van der Waals surface area contributed by atoms with Gasteiger partial charge in [-0.2, -0.15) is 18.2 Å². The highest BCUT2D eigenvalue weighted by Crippen LogP contribution is 2.27. The van der Waals surface area contributed by atoms with Gasteiger partial charge in [-0.3, -0.25) is 4.79 Å². The number of hydrogen-bond acceptors (Lipinski definition) is 7. The number of rotatable bonds is 6. The molecule has 216 valence electrons. The fraction of sp³-hybridized carbons (Fsp3) is 0.385. The molecule has 1 aliphatic rings. The van der Waals surface area contributed by atoms with Crippen LogP contribution in [0.5, 0.6) is 0 Å². The van der Waals surface area contributed by atoms with Gasteiger partial charge in [0.05, 0.1) is 5.52 Å². The van der Waals surface area contributed by atoms with Gasteiger partial charge in [0.25, 0.3) is 5.91 Å². The Hall–Kier alpha value is -4.07. The van der Waals surface area contributed by atoms with Crippen LogP contribution in [-0.2, 0) is 9.59 Å². The molecular weight excluding hydrogens is 541 g/mol. The van der Waals surface area contributed by atoms with E-state index in [1.54, 1.807) is 0 Å². The van der Waals surface area contributed by atoms with E-state index < -0.39 is 35.8 Å². The first kappa shape index (κ1) is 30.5. The molecule has 0 saturated heterocycles. The number of alkyl halides is 3. The normalized spacial score (nSPS) is 17.8. The molecule has 0 aliphatic heterocycles. The molecule has 40 heavy (non-hydrogen) atoms. The zero-order chi connectivity index (χ0) is 29.6. The second-order valence-corrected chi connectivity index (χ2v) is 9.39. The predicted molar refractivity (Wildman–Crippen MR) is 137 cm³/mol. The number of carboxylic acid groups (broad SMARTS) is 1. The molecule has 1 amide bonds. The fourth-order valence-electron chi connectivity index (χ4n) is 4.19. The molecule has 14 heteroatoms. The number of aliphatic hydroxyl groups is 1. The number of fused-ring (bicyclic) bond motifs is 1. The van der Waals surface area contributed by atoms with E-state index in [1.165, 1.54) is 0 Å². The lowest BCUT2D eigenvalue weighted by atomic mass is 9.91. The van der Waals surface area contributed by atoms with Gasteiger partial charge in [-0.05, 0) is 55.5 Å². The Morgan fingerprint density at radius 2 is 1.52 bits per heavy atom. The molecule has 1 aromatic heterocycles. The average molecular weight is 570 g/mol. The Morgan fingerprint density at radius 1 is 0.975 bits per heavy atom. The van der Waals surface area contributed by atoms with Crippen LogP contribution < -0.4 is 15.5 Å². The van der Waals surface area contributed by atoms with Crippen molar-refractivity contribution in [2.24, 2.45) is 0 Å². The minimum atomic E-state index is -5.08. The van der Waals surface area contributed by atoms with Gasteiger partial charge in [0, 0.05) is 37.6 Å². The standard InChI is InChI=1S/C24H27F2N5O2.C2HF3O2/c1-31(2)22-19-5-3-4-6-20(19)29-24(30-22)28-18-9-7-17(8-10-18)27-23(33)21(32)14-11-15(25)13-16(26)12-14;3-2(4,5)1(6)7/h3-6,11-13,17-18,21,32H,7-10H2,1-2H3,(H,27,33)(H,28,29,30);(H,6,7). The highest BCUT2D eigenvalue weighted by atomic mass is 19.4. The Balaban J connectivity index is 0.000000559. The molecule has 4 N–H and O–H groups in total. The maximum absolute atomic E-state index is 13.4. The summed E-state index contributed by atoms with van der Waals surface area (Å²) in [6.07, 6.45) is -3.75. The first-order valence-corrected chi connectivity index (χ1v) is 12.2. The molecule has 1 saturated carbocycles. The molecule has 0 spiro atoms. The number of benzene rings is 2. The number of anilines is 2. The van der Waals surface area contributed by atoms with E-state index in [-0.39, 0.29) is 17.6 Å². The molecule has 0 radical (unpaired) electrons. The SMILES string of the molecule is CN(C)c1nc(NC2CCC(NC(=O)C(O)c3cc(F)cc(F)c3)CC2)nc2ccccc12.O=C(O)C(F)(F)F. The van der Waals surface area contributed by atoms with Crippen LogP contribution in [0.3, 0.4) is 0 Å². The fourth-order valence-corrected chi connectivity index (χ4v) is 4.19. The van der Waals surface area contributed by atoms with E-state index in [0.29, 0.717) is 24.9 Å². The van der Waals surface area contributed by atoms with E-state index in [9.17, 15) is 31.9 Å². The number of carboxylic acids is 1. The van der Waals surface area contributed by atoms with Crippen molar-refractivity contribution in [2.75, 3.05) is 24.3 Å². The number of aliphatic hydroxyl groups excluding tert-OH is 1. The van der Waals surface area contributed by atoms with Crippen LogP contribution in [-0.4, -0.2) is 64.4 Å². The molecule has 3 aromatic rings. The van der Waals surface area contributed by atoms with E-state index in [2.05, 4.69) is 20.6 Å². The van der Waals surface area contributed by atoms with Gasteiger partial charge in [0.2, 0.25) is 5.95 Å². The first-order valence-electron chi connectivity index (χ1n) is 12.2. The number of para-hydroxylation sites is 1. The minimum Gasteiger partial charge on any atom is -0.475 e. The number of aliphatic carboxylic acids is 1. The summed E-state index contributed by atoms with van der Waals surface area (Å²) in [4.78, 5) is 32.5. The molecular formula is C26H28F5N5O4. The number of carbonyl (C=O) groups is 2. The Kier molecular flexibility index (Phi) is 9.79. The van der Waals surface area contributed by atoms with Crippen LogP contribution in [0.4, 0.5) is 33.7 Å². The monoisotopic (exact) mass is 569 g/mol. The average Bonchev–Trinajstić information content (AvgIpc) is 2.88. The quantitative estimate of drug-likeness (QED) is 0.326. The van der Waals surface area contributed by atoms with Crippen LogP contribution in [0.2, 0.25) is 0 Å². The van der Waals surface area contributed by atoms with Gasteiger partial charge in [0.1, 0.15) is 17.5 Å². The number of aromatic nitrogens is 2. The first-order chi connectivity index (χ1) is 18.7. The summed E-state index contributed by atoms with van der Waals surface area (Å²) in [5, 5.41) is 24.5. The molecule has 1 aliphatic carbocycles. The van der Waals surface area contributed by atoms with Crippen molar-refractivity contribution in [3.8, 4) is 0 Å². The zero-order valence-corrected chi connectivity index (χ0v) is 21.5. The number of nitrogens with zero attached hydrogens (tertiary/aromatic N) is 3. The van der Waals surface area contributed by atoms with Gasteiger partial charge in [-0.1, -0.05) is 12.1 Å². The Labute approximate surface area is 226 Å². The number of halogens is 5. The van der Waals surface area contributed by atoms with Crippen LogP contribution in [0.25, 0.3) is 10.9 Å². The maximum Gasteiger partial charge on any atom is 0.490 e. The largest absolute Gasteiger partial charge is 0.490 e.